The molecule has 1 unspecified atom stereocenters. The summed E-state index contributed by atoms with van der Waals surface area (Å²) < 4.78 is 10.6. The van der Waals surface area contributed by atoms with Gasteiger partial charge in [-0.15, -0.1) is 0 Å². The van der Waals surface area contributed by atoms with Crippen molar-refractivity contribution >= 4 is 29.1 Å². The monoisotopic (exact) mass is 470 g/mol. The van der Waals surface area contributed by atoms with E-state index in [1.165, 1.54) is 13.2 Å². The van der Waals surface area contributed by atoms with Crippen molar-refractivity contribution in [3.8, 4) is 5.75 Å². The molecule has 33 heavy (non-hydrogen) atoms. The van der Waals surface area contributed by atoms with E-state index in [0.717, 1.165) is 25.2 Å². The third-order valence-corrected chi connectivity index (χ3v) is 6.35. The second-order valence-corrected chi connectivity index (χ2v) is 8.47. The summed E-state index contributed by atoms with van der Waals surface area (Å²) in [5.41, 5.74) is 1.19. The van der Waals surface area contributed by atoms with E-state index in [-0.39, 0.29) is 11.3 Å². The van der Waals surface area contributed by atoms with Gasteiger partial charge in [-0.3, -0.25) is 14.5 Å². The number of ether oxygens (including phenoxy) is 2. The van der Waals surface area contributed by atoms with Gasteiger partial charge in [0.15, 0.2) is 0 Å². The first kappa shape index (κ1) is 23.3. The van der Waals surface area contributed by atoms with Crippen LogP contribution in [0, 0.1) is 0 Å². The van der Waals surface area contributed by atoms with Gasteiger partial charge in [-0.25, -0.2) is 0 Å². The molecule has 1 atom stereocenters. The summed E-state index contributed by atoms with van der Waals surface area (Å²) in [4.78, 5) is 30.0. The Labute approximate surface area is 198 Å². The van der Waals surface area contributed by atoms with Gasteiger partial charge in [0.05, 0.1) is 37.0 Å². The Morgan fingerprint density at radius 1 is 1.12 bits per heavy atom. The number of nitrogens with zero attached hydrogens (tertiary/aromatic N) is 2. The number of morpholine rings is 1. The van der Waals surface area contributed by atoms with E-state index in [1.54, 1.807) is 17.0 Å². The van der Waals surface area contributed by atoms with Crippen LogP contribution in [0.4, 0.5) is 0 Å². The van der Waals surface area contributed by atoms with Gasteiger partial charge in [-0.05, 0) is 30.2 Å². The van der Waals surface area contributed by atoms with Crippen LogP contribution in [0.5, 0.6) is 5.75 Å². The first-order chi connectivity index (χ1) is 16.0. The van der Waals surface area contributed by atoms with Crippen LogP contribution in [0.15, 0.2) is 54.1 Å². The van der Waals surface area contributed by atoms with Crippen LogP contribution in [0.2, 0.25) is 5.02 Å². The summed E-state index contributed by atoms with van der Waals surface area (Å²) in [6.45, 7) is 4.35. The van der Waals surface area contributed by atoms with Crippen LogP contribution in [0.25, 0.3) is 5.76 Å². The fourth-order valence-electron chi connectivity index (χ4n) is 4.35. The molecule has 2 fully saturated rings. The van der Waals surface area contributed by atoms with E-state index in [2.05, 4.69) is 4.90 Å². The largest absolute Gasteiger partial charge is 0.507 e. The number of hydrogen-bond acceptors (Lipinski definition) is 6. The predicted octanol–water partition coefficient (Wildman–Crippen LogP) is 3.49. The second-order valence-electron chi connectivity index (χ2n) is 8.06. The molecule has 0 radical (unpaired) electrons. The van der Waals surface area contributed by atoms with Gasteiger partial charge in [0, 0.05) is 31.7 Å². The topological polar surface area (TPSA) is 79.3 Å². The zero-order valence-electron chi connectivity index (χ0n) is 18.5. The molecule has 7 nitrogen and oxygen atoms in total. The number of Topliss-reactive ketones (excluding diaryl/α,β-unsaturated/α-hetero) is 1. The fraction of sp³-hybridized carbons (Fsp3) is 0.360. The molecule has 2 aliphatic rings. The molecule has 174 valence electrons. The molecule has 0 spiro atoms. The highest BCUT2D eigenvalue weighted by atomic mass is 35.5. The quantitative estimate of drug-likeness (QED) is 0.379. The van der Waals surface area contributed by atoms with Crippen LogP contribution < -0.4 is 4.74 Å². The van der Waals surface area contributed by atoms with Crippen LogP contribution in [-0.4, -0.2) is 73.1 Å². The molecule has 2 aromatic rings. The molecule has 1 amide bonds. The Kier molecular flexibility index (Phi) is 7.33. The fourth-order valence-corrected chi connectivity index (χ4v) is 4.61. The van der Waals surface area contributed by atoms with Gasteiger partial charge < -0.3 is 19.5 Å². The number of carbonyl (C=O) groups is 2. The highest BCUT2D eigenvalue weighted by molar-refractivity contribution is 6.46. The van der Waals surface area contributed by atoms with Gasteiger partial charge in [-0.1, -0.05) is 41.9 Å². The maximum absolute atomic E-state index is 13.1. The third-order valence-electron chi connectivity index (χ3n) is 6.06. The lowest BCUT2D eigenvalue weighted by Gasteiger charge is -2.29. The van der Waals surface area contributed by atoms with Crippen LogP contribution in [-0.2, 0) is 14.3 Å². The first-order valence-electron chi connectivity index (χ1n) is 11.0. The number of aliphatic hydroxyl groups is 1. The average molecular weight is 471 g/mol. The predicted molar refractivity (Wildman–Crippen MR) is 125 cm³/mol. The number of ketones is 1. The van der Waals surface area contributed by atoms with Crippen molar-refractivity contribution in [1.82, 2.24) is 9.80 Å². The minimum Gasteiger partial charge on any atom is -0.507 e. The Balaban J connectivity index is 1.66. The highest BCUT2D eigenvalue weighted by Gasteiger charge is 2.45. The van der Waals surface area contributed by atoms with E-state index >= 15 is 0 Å². The zero-order chi connectivity index (χ0) is 23.4. The van der Waals surface area contributed by atoms with E-state index in [4.69, 9.17) is 21.1 Å². The standard InChI is InChI=1S/C25H27ClN2O5/c1-32-20-9-8-18(16-19(20)26)23(29)21-22(17-6-3-2-4-7-17)28(25(31)24(21)30)11-5-10-27-12-14-33-15-13-27/h2-4,6-9,16,22,29H,5,10-15H2,1H3. The summed E-state index contributed by atoms with van der Waals surface area (Å²) in [6, 6.07) is 13.4. The van der Waals surface area contributed by atoms with Gasteiger partial charge in [0.25, 0.3) is 11.7 Å². The van der Waals surface area contributed by atoms with Gasteiger partial charge in [0.2, 0.25) is 0 Å². The number of aliphatic hydroxyl groups excluding tert-OH is 1. The summed E-state index contributed by atoms with van der Waals surface area (Å²) in [6.07, 6.45) is 0.713. The second kappa shape index (κ2) is 10.4. The number of rotatable bonds is 7. The van der Waals surface area contributed by atoms with Crippen molar-refractivity contribution < 1.29 is 24.2 Å². The van der Waals surface area contributed by atoms with Crippen molar-refractivity contribution in [1.29, 1.82) is 0 Å². The summed E-state index contributed by atoms with van der Waals surface area (Å²) in [5, 5.41) is 11.4. The van der Waals surface area contributed by atoms with Gasteiger partial charge in [-0.2, -0.15) is 0 Å². The number of carbonyl (C=O) groups excluding carboxylic acids is 2. The van der Waals surface area contributed by atoms with E-state index in [0.29, 0.717) is 42.5 Å². The number of halogens is 1. The Bertz CT molecular complexity index is 1050. The van der Waals surface area contributed by atoms with Gasteiger partial charge >= 0.3 is 0 Å². The third kappa shape index (κ3) is 4.90. The highest BCUT2D eigenvalue weighted by Crippen LogP contribution is 2.40. The molecule has 0 aromatic heterocycles. The molecule has 0 bridgehead atoms. The van der Waals surface area contributed by atoms with Crippen molar-refractivity contribution in [2.45, 2.75) is 12.5 Å². The summed E-state index contributed by atoms with van der Waals surface area (Å²) in [5.74, 6) is -1.09. The molecular weight excluding hydrogens is 444 g/mol. The number of hydrogen-bond donors (Lipinski definition) is 1. The molecule has 2 heterocycles. The maximum atomic E-state index is 13.1. The Morgan fingerprint density at radius 3 is 2.52 bits per heavy atom. The summed E-state index contributed by atoms with van der Waals surface area (Å²) in [7, 11) is 1.50. The lowest BCUT2D eigenvalue weighted by Crippen LogP contribution is -2.38. The summed E-state index contributed by atoms with van der Waals surface area (Å²) >= 11 is 6.24. The molecule has 4 rings (SSSR count). The lowest BCUT2D eigenvalue weighted by atomic mass is 9.95. The van der Waals surface area contributed by atoms with Crippen molar-refractivity contribution in [2.75, 3.05) is 46.5 Å². The minimum absolute atomic E-state index is 0.0683. The Morgan fingerprint density at radius 2 is 1.85 bits per heavy atom. The maximum Gasteiger partial charge on any atom is 0.295 e. The molecule has 0 aliphatic carbocycles. The van der Waals surface area contributed by atoms with Crippen LogP contribution in [0.1, 0.15) is 23.6 Å². The normalized spacial score (nSPS) is 20.9. The molecule has 1 N–H and O–H groups in total. The number of benzene rings is 2. The van der Waals surface area contributed by atoms with Crippen molar-refractivity contribution in [2.24, 2.45) is 0 Å². The van der Waals surface area contributed by atoms with Crippen molar-refractivity contribution in [3.05, 3.63) is 70.3 Å². The van der Waals surface area contributed by atoms with E-state index in [9.17, 15) is 14.7 Å². The minimum atomic E-state index is -0.695. The van der Waals surface area contributed by atoms with E-state index in [1.807, 2.05) is 30.3 Å². The molecule has 0 saturated carbocycles. The van der Waals surface area contributed by atoms with E-state index < -0.39 is 17.7 Å². The number of likely N-dealkylation sites (tertiary alicyclic amines) is 1. The van der Waals surface area contributed by atoms with Gasteiger partial charge in [0.1, 0.15) is 11.5 Å². The molecule has 2 saturated heterocycles. The number of amides is 1. The first-order valence-corrected chi connectivity index (χ1v) is 11.4. The smallest absolute Gasteiger partial charge is 0.295 e. The van der Waals surface area contributed by atoms with Crippen LogP contribution in [0.3, 0.4) is 0 Å². The zero-order valence-corrected chi connectivity index (χ0v) is 19.3. The SMILES string of the molecule is COc1ccc(C(O)=C2C(=O)C(=O)N(CCCN3CCOCC3)C2c2ccccc2)cc1Cl. The number of methoxy groups -OCH3 is 1. The Hall–Kier alpha value is -2.87. The molecule has 2 aromatic carbocycles. The molecular formula is C25H27ClN2O5. The lowest BCUT2D eigenvalue weighted by molar-refractivity contribution is -0.140. The molecule has 2 aliphatic heterocycles. The molecule has 8 heteroatoms. The average Bonchev–Trinajstić information content (AvgIpc) is 3.10. The van der Waals surface area contributed by atoms with Crippen molar-refractivity contribution in [3.63, 3.8) is 0 Å². The van der Waals surface area contributed by atoms with Crippen LogP contribution >= 0.6 is 11.6 Å².